The fourth-order valence-corrected chi connectivity index (χ4v) is 3.53. The maximum atomic E-state index is 13.1. The lowest BCUT2D eigenvalue weighted by Crippen LogP contribution is -2.41. The lowest BCUT2D eigenvalue weighted by atomic mass is 9.91. The van der Waals surface area contributed by atoms with Crippen LogP contribution in [0.2, 0.25) is 0 Å². The van der Waals surface area contributed by atoms with Crippen molar-refractivity contribution in [3.05, 3.63) is 59.2 Å². The van der Waals surface area contributed by atoms with Crippen molar-refractivity contribution in [3.8, 4) is 11.5 Å². The highest BCUT2D eigenvalue weighted by molar-refractivity contribution is 6.11. The van der Waals surface area contributed by atoms with Crippen LogP contribution in [0.15, 0.2) is 42.5 Å². The molecular formula is C22H22N2O5. The third-order valence-electron chi connectivity index (χ3n) is 5.43. The topological polar surface area (TPSA) is 84.9 Å². The summed E-state index contributed by atoms with van der Waals surface area (Å²) in [6, 6.07) is 11.7. The lowest BCUT2D eigenvalue weighted by molar-refractivity contribution is -0.130. The van der Waals surface area contributed by atoms with Crippen LogP contribution in [-0.4, -0.2) is 36.0 Å². The molecule has 29 heavy (non-hydrogen) atoms. The molecule has 0 spiro atoms. The van der Waals surface area contributed by atoms with Gasteiger partial charge in [-0.1, -0.05) is 44.2 Å². The van der Waals surface area contributed by atoms with Gasteiger partial charge in [-0.05, 0) is 36.1 Å². The molecule has 2 aliphatic rings. The molecule has 150 valence electrons. The van der Waals surface area contributed by atoms with Gasteiger partial charge in [-0.25, -0.2) is 4.79 Å². The van der Waals surface area contributed by atoms with Crippen LogP contribution in [0.4, 0.5) is 4.79 Å². The lowest BCUT2D eigenvalue weighted by Gasteiger charge is -2.22. The molecule has 1 fully saturated rings. The number of ether oxygens (including phenoxy) is 2. The zero-order chi connectivity index (χ0) is 20.8. The number of fused-ring (bicyclic) bond motifs is 1. The quantitative estimate of drug-likeness (QED) is 0.622. The summed E-state index contributed by atoms with van der Waals surface area (Å²) in [5.74, 6) is 0.691. The van der Waals surface area contributed by atoms with Crippen LogP contribution in [0.1, 0.15) is 48.2 Å². The second kappa shape index (κ2) is 6.92. The van der Waals surface area contributed by atoms with Crippen LogP contribution in [-0.2, 0) is 10.3 Å². The average molecular weight is 394 g/mol. The van der Waals surface area contributed by atoms with E-state index in [0.29, 0.717) is 28.5 Å². The Labute approximate surface area is 168 Å². The number of rotatable bonds is 5. The molecule has 0 bridgehead atoms. The van der Waals surface area contributed by atoms with Crippen molar-refractivity contribution in [2.75, 3.05) is 13.3 Å². The second-order valence-corrected chi connectivity index (χ2v) is 7.71. The van der Waals surface area contributed by atoms with Crippen molar-refractivity contribution in [1.29, 1.82) is 0 Å². The summed E-state index contributed by atoms with van der Waals surface area (Å²) < 4.78 is 10.7. The van der Waals surface area contributed by atoms with Gasteiger partial charge >= 0.3 is 6.03 Å². The van der Waals surface area contributed by atoms with E-state index in [1.54, 1.807) is 37.3 Å². The van der Waals surface area contributed by atoms with Gasteiger partial charge in [0.15, 0.2) is 17.3 Å². The minimum atomic E-state index is -1.28. The zero-order valence-electron chi connectivity index (χ0n) is 16.5. The van der Waals surface area contributed by atoms with Crippen molar-refractivity contribution >= 4 is 17.7 Å². The minimum absolute atomic E-state index is 0.117. The van der Waals surface area contributed by atoms with E-state index in [0.717, 1.165) is 10.5 Å². The fourth-order valence-electron chi connectivity index (χ4n) is 3.53. The number of ketones is 1. The molecule has 2 aromatic rings. The fraction of sp³-hybridized carbons (Fsp3) is 0.318. The van der Waals surface area contributed by atoms with Gasteiger partial charge in [0.25, 0.3) is 5.91 Å². The summed E-state index contributed by atoms with van der Waals surface area (Å²) in [7, 11) is 0. The normalized spacial score (nSPS) is 20.3. The van der Waals surface area contributed by atoms with Gasteiger partial charge in [0.1, 0.15) is 5.54 Å². The summed E-state index contributed by atoms with van der Waals surface area (Å²) in [5.41, 5.74) is 0.870. The first-order valence-electron chi connectivity index (χ1n) is 9.47. The van der Waals surface area contributed by atoms with Gasteiger partial charge in [-0.2, -0.15) is 0 Å². The molecule has 1 atom stereocenters. The van der Waals surface area contributed by atoms with Crippen molar-refractivity contribution in [1.82, 2.24) is 10.2 Å². The molecule has 7 nitrogen and oxygen atoms in total. The van der Waals surface area contributed by atoms with Crippen molar-refractivity contribution in [3.63, 3.8) is 0 Å². The summed E-state index contributed by atoms with van der Waals surface area (Å²) in [4.78, 5) is 39.2. The van der Waals surface area contributed by atoms with Crippen LogP contribution < -0.4 is 14.8 Å². The smallest absolute Gasteiger partial charge is 0.325 e. The first-order chi connectivity index (χ1) is 13.8. The summed E-state index contributed by atoms with van der Waals surface area (Å²) >= 11 is 0. The predicted molar refractivity (Wildman–Crippen MR) is 105 cm³/mol. The number of Topliss-reactive ketones (excluding diaryl/α,β-unsaturated/α-hetero) is 1. The molecule has 4 rings (SSSR count). The number of hydrogen-bond donors (Lipinski definition) is 1. The Balaban J connectivity index is 1.54. The third kappa shape index (κ3) is 3.22. The van der Waals surface area contributed by atoms with E-state index in [1.165, 1.54) is 0 Å². The van der Waals surface area contributed by atoms with Crippen LogP contribution in [0.25, 0.3) is 0 Å². The molecule has 7 heteroatoms. The van der Waals surface area contributed by atoms with E-state index in [9.17, 15) is 14.4 Å². The Morgan fingerprint density at radius 3 is 2.48 bits per heavy atom. The molecule has 2 heterocycles. The third-order valence-corrected chi connectivity index (χ3v) is 5.43. The van der Waals surface area contributed by atoms with E-state index < -0.39 is 17.5 Å². The maximum Gasteiger partial charge on any atom is 0.325 e. The summed E-state index contributed by atoms with van der Waals surface area (Å²) in [6.45, 7) is 5.56. The Morgan fingerprint density at radius 1 is 1.10 bits per heavy atom. The van der Waals surface area contributed by atoms with Crippen molar-refractivity contribution in [2.45, 2.75) is 32.2 Å². The second-order valence-electron chi connectivity index (χ2n) is 7.71. The molecule has 0 aliphatic carbocycles. The molecule has 3 amide bonds. The molecule has 1 N–H and O–H groups in total. The Bertz CT molecular complexity index is 999. The number of amides is 3. The van der Waals surface area contributed by atoms with Gasteiger partial charge in [-0.15, -0.1) is 0 Å². The van der Waals surface area contributed by atoms with E-state index in [2.05, 4.69) is 19.2 Å². The molecular weight excluding hydrogens is 372 g/mol. The largest absolute Gasteiger partial charge is 0.454 e. The Morgan fingerprint density at radius 2 is 1.79 bits per heavy atom. The molecule has 0 unspecified atom stereocenters. The van der Waals surface area contributed by atoms with Gasteiger partial charge in [-0.3, -0.25) is 14.5 Å². The SMILES string of the molecule is CC(C)c1ccc(C(=O)CN2C(=O)N[C@@](C)(c3ccc4c(c3)OCO4)C2=O)cc1. The Hall–Kier alpha value is -3.35. The molecule has 0 aromatic heterocycles. The standard InChI is InChI=1S/C22H22N2O5/c1-13(2)14-4-6-15(7-5-14)17(25)11-24-20(26)22(3,23-21(24)27)16-8-9-18-19(10-16)29-12-28-18/h4-10,13H,11-12H2,1-3H3,(H,23,27)/t22-/m0/s1. The minimum Gasteiger partial charge on any atom is -0.454 e. The Kier molecular flexibility index (Phi) is 4.53. The summed E-state index contributed by atoms with van der Waals surface area (Å²) in [5, 5.41) is 2.71. The predicted octanol–water partition coefficient (Wildman–Crippen LogP) is 3.19. The monoisotopic (exact) mass is 394 g/mol. The highest BCUT2D eigenvalue weighted by Gasteiger charge is 2.49. The number of urea groups is 1. The van der Waals surface area contributed by atoms with E-state index in [1.807, 2.05) is 12.1 Å². The zero-order valence-corrected chi connectivity index (χ0v) is 16.5. The first kappa shape index (κ1) is 19.0. The number of nitrogens with zero attached hydrogens (tertiary/aromatic N) is 1. The van der Waals surface area contributed by atoms with Crippen molar-refractivity contribution < 1.29 is 23.9 Å². The maximum absolute atomic E-state index is 13.1. The van der Waals surface area contributed by atoms with Gasteiger partial charge in [0, 0.05) is 5.56 Å². The van der Waals surface area contributed by atoms with Gasteiger partial charge < -0.3 is 14.8 Å². The van der Waals surface area contributed by atoms with Crippen LogP contribution in [0, 0.1) is 0 Å². The number of carbonyl (C=O) groups is 3. The highest BCUT2D eigenvalue weighted by atomic mass is 16.7. The van der Waals surface area contributed by atoms with Crippen LogP contribution >= 0.6 is 0 Å². The number of nitrogens with one attached hydrogen (secondary N) is 1. The van der Waals surface area contributed by atoms with Crippen LogP contribution in [0.3, 0.4) is 0 Å². The van der Waals surface area contributed by atoms with Crippen molar-refractivity contribution in [2.24, 2.45) is 0 Å². The molecule has 0 radical (unpaired) electrons. The number of carbonyl (C=O) groups excluding carboxylic acids is 3. The molecule has 1 saturated heterocycles. The van der Waals surface area contributed by atoms with Gasteiger partial charge in [0.2, 0.25) is 6.79 Å². The number of hydrogen-bond acceptors (Lipinski definition) is 5. The highest BCUT2D eigenvalue weighted by Crippen LogP contribution is 2.37. The summed E-state index contributed by atoms with van der Waals surface area (Å²) in [6.07, 6.45) is 0. The molecule has 2 aromatic carbocycles. The first-order valence-corrected chi connectivity index (χ1v) is 9.47. The van der Waals surface area contributed by atoms with E-state index in [-0.39, 0.29) is 19.1 Å². The number of benzene rings is 2. The molecule has 2 aliphatic heterocycles. The van der Waals surface area contributed by atoms with E-state index >= 15 is 0 Å². The van der Waals surface area contributed by atoms with Crippen LogP contribution in [0.5, 0.6) is 11.5 Å². The number of imide groups is 1. The van der Waals surface area contributed by atoms with E-state index in [4.69, 9.17) is 9.47 Å². The molecule has 0 saturated carbocycles. The average Bonchev–Trinajstić information content (AvgIpc) is 3.26. The van der Waals surface area contributed by atoms with Gasteiger partial charge in [0.05, 0.1) is 6.54 Å².